The van der Waals surface area contributed by atoms with Gasteiger partial charge in [-0.15, -0.1) is 0 Å². The molecule has 0 spiro atoms. The van der Waals surface area contributed by atoms with E-state index in [9.17, 15) is 14.4 Å². The molecule has 1 atom stereocenters. The van der Waals surface area contributed by atoms with Crippen LogP contribution < -0.4 is 5.32 Å². The van der Waals surface area contributed by atoms with Gasteiger partial charge in [-0.2, -0.15) is 0 Å². The molecule has 1 aromatic carbocycles. The third-order valence-corrected chi connectivity index (χ3v) is 3.10. The summed E-state index contributed by atoms with van der Waals surface area (Å²) >= 11 is 0. The Balaban J connectivity index is 2.57. The third kappa shape index (κ3) is 7.76. The summed E-state index contributed by atoms with van der Waals surface area (Å²) in [6.45, 7) is 5.20. The molecule has 24 heavy (non-hydrogen) atoms. The van der Waals surface area contributed by atoms with E-state index in [1.807, 2.05) is 30.3 Å². The molecule has 1 rings (SSSR count). The van der Waals surface area contributed by atoms with E-state index in [2.05, 4.69) is 10.1 Å². The lowest BCUT2D eigenvalue weighted by atomic mass is 10.1. The van der Waals surface area contributed by atoms with Gasteiger partial charge in [0.05, 0.1) is 13.5 Å². The van der Waals surface area contributed by atoms with E-state index < -0.39 is 23.6 Å². The number of rotatable bonds is 7. The largest absolute Gasteiger partial charge is 0.467 e. The van der Waals surface area contributed by atoms with Crippen LogP contribution in [0.1, 0.15) is 39.2 Å². The van der Waals surface area contributed by atoms with Gasteiger partial charge in [-0.25, -0.2) is 4.79 Å². The van der Waals surface area contributed by atoms with Gasteiger partial charge in [0, 0.05) is 6.42 Å². The number of esters is 2. The normalized spacial score (nSPS) is 12.2. The second kappa shape index (κ2) is 9.05. The highest BCUT2D eigenvalue weighted by Gasteiger charge is 2.27. The second-order valence-electron chi connectivity index (χ2n) is 6.42. The van der Waals surface area contributed by atoms with Crippen LogP contribution in [0.15, 0.2) is 30.3 Å². The minimum Gasteiger partial charge on any atom is -0.467 e. The molecule has 1 aromatic rings. The highest BCUT2D eigenvalue weighted by Crippen LogP contribution is 2.10. The first-order chi connectivity index (χ1) is 11.2. The minimum absolute atomic E-state index is 0.214. The van der Waals surface area contributed by atoms with Crippen LogP contribution in [-0.4, -0.2) is 36.6 Å². The van der Waals surface area contributed by atoms with Crippen molar-refractivity contribution < 1.29 is 23.9 Å². The zero-order chi connectivity index (χ0) is 18.2. The van der Waals surface area contributed by atoms with Crippen LogP contribution in [-0.2, 0) is 30.3 Å². The van der Waals surface area contributed by atoms with Gasteiger partial charge >= 0.3 is 11.9 Å². The number of carbonyl (C=O) groups excluding carboxylic acids is 3. The molecule has 0 radical (unpaired) electrons. The number of aryl methyl sites for hydroxylation is 1. The fraction of sp³-hybridized carbons (Fsp3) is 0.500. The van der Waals surface area contributed by atoms with Crippen LogP contribution in [0, 0.1) is 0 Å². The molecule has 0 fully saturated rings. The van der Waals surface area contributed by atoms with Crippen LogP contribution in [0.4, 0.5) is 0 Å². The molecular formula is C18H25NO5. The Morgan fingerprint density at radius 2 is 1.75 bits per heavy atom. The van der Waals surface area contributed by atoms with E-state index in [1.54, 1.807) is 20.8 Å². The quantitative estimate of drug-likeness (QED) is 0.771. The summed E-state index contributed by atoms with van der Waals surface area (Å²) in [7, 11) is 1.21. The molecule has 0 aliphatic rings. The molecule has 0 aliphatic carbocycles. The first kappa shape index (κ1) is 19.7. The van der Waals surface area contributed by atoms with Gasteiger partial charge in [-0.3, -0.25) is 9.59 Å². The summed E-state index contributed by atoms with van der Waals surface area (Å²) in [5, 5.41) is 2.54. The van der Waals surface area contributed by atoms with E-state index in [0.29, 0.717) is 6.42 Å². The Hall–Kier alpha value is -2.37. The van der Waals surface area contributed by atoms with Crippen molar-refractivity contribution in [1.82, 2.24) is 5.32 Å². The van der Waals surface area contributed by atoms with Crippen molar-refractivity contribution >= 4 is 17.8 Å². The Labute approximate surface area is 142 Å². The predicted molar refractivity (Wildman–Crippen MR) is 89.2 cm³/mol. The Morgan fingerprint density at radius 3 is 2.29 bits per heavy atom. The minimum atomic E-state index is -1.05. The summed E-state index contributed by atoms with van der Waals surface area (Å²) in [6, 6.07) is 8.49. The van der Waals surface area contributed by atoms with Gasteiger partial charge in [0.25, 0.3) is 0 Å². The number of ether oxygens (including phenoxy) is 2. The maximum absolute atomic E-state index is 12.0. The average molecular weight is 335 g/mol. The lowest BCUT2D eigenvalue weighted by Crippen LogP contribution is -2.44. The number of nitrogens with one attached hydrogen (secondary N) is 1. The van der Waals surface area contributed by atoms with Gasteiger partial charge in [0.2, 0.25) is 5.91 Å². The molecule has 1 amide bonds. The molecule has 132 valence electrons. The van der Waals surface area contributed by atoms with Gasteiger partial charge in [0.15, 0.2) is 0 Å². The number of hydrogen-bond acceptors (Lipinski definition) is 5. The van der Waals surface area contributed by atoms with Gasteiger partial charge < -0.3 is 14.8 Å². The summed E-state index contributed by atoms with van der Waals surface area (Å²) in [5.74, 6) is -1.56. The number of amides is 1. The smallest absolute Gasteiger partial charge is 0.328 e. The van der Waals surface area contributed by atoms with Crippen molar-refractivity contribution in [3.8, 4) is 0 Å². The van der Waals surface area contributed by atoms with Gasteiger partial charge in [-0.05, 0) is 32.8 Å². The highest BCUT2D eigenvalue weighted by molar-refractivity contribution is 5.88. The standard InChI is InChI=1S/C18H25NO5/c1-18(2,3)24-16(21)12-14(17(22)23-4)19-15(20)11-10-13-8-6-5-7-9-13/h5-9,14H,10-12H2,1-4H3,(H,19,20)/t14-/m1/s1. The van der Waals surface area contributed by atoms with Crippen molar-refractivity contribution in [3.63, 3.8) is 0 Å². The van der Waals surface area contributed by atoms with Crippen LogP contribution in [0.3, 0.4) is 0 Å². The SMILES string of the molecule is COC(=O)[C@@H](CC(=O)OC(C)(C)C)NC(=O)CCc1ccccc1. The predicted octanol–water partition coefficient (Wildman–Crippen LogP) is 2.01. The molecule has 6 heteroatoms. The van der Waals surface area contributed by atoms with Crippen LogP contribution in [0.2, 0.25) is 0 Å². The fourth-order valence-corrected chi connectivity index (χ4v) is 2.05. The fourth-order valence-electron chi connectivity index (χ4n) is 2.05. The summed E-state index contributed by atoms with van der Waals surface area (Å²) in [5.41, 5.74) is 0.365. The number of methoxy groups -OCH3 is 1. The summed E-state index contributed by atoms with van der Waals surface area (Å²) in [4.78, 5) is 35.7. The lowest BCUT2D eigenvalue weighted by molar-refractivity contribution is -0.159. The molecule has 0 heterocycles. The molecule has 0 saturated heterocycles. The zero-order valence-electron chi connectivity index (χ0n) is 14.6. The maximum Gasteiger partial charge on any atom is 0.328 e. The van der Waals surface area contributed by atoms with E-state index >= 15 is 0 Å². The van der Waals surface area contributed by atoms with E-state index in [4.69, 9.17) is 4.74 Å². The van der Waals surface area contributed by atoms with Gasteiger partial charge in [-0.1, -0.05) is 30.3 Å². The van der Waals surface area contributed by atoms with E-state index in [0.717, 1.165) is 5.56 Å². The van der Waals surface area contributed by atoms with Crippen molar-refractivity contribution in [2.45, 2.75) is 51.7 Å². The number of hydrogen-bond donors (Lipinski definition) is 1. The third-order valence-electron chi connectivity index (χ3n) is 3.10. The van der Waals surface area contributed by atoms with Crippen molar-refractivity contribution in [3.05, 3.63) is 35.9 Å². The van der Waals surface area contributed by atoms with Crippen LogP contribution in [0.5, 0.6) is 0 Å². The molecule has 0 aliphatic heterocycles. The van der Waals surface area contributed by atoms with Crippen molar-refractivity contribution in [2.24, 2.45) is 0 Å². The van der Waals surface area contributed by atoms with Crippen molar-refractivity contribution in [2.75, 3.05) is 7.11 Å². The molecule has 0 bridgehead atoms. The molecule has 0 unspecified atom stereocenters. The maximum atomic E-state index is 12.0. The number of benzene rings is 1. The van der Waals surface area contributed by atoms with Gasteiger partial charge in [0.1, 0.15) is 11.6 Å². The Morgan fingerprint density at radius 1 is 1.12 bits per heavy atom. The highest BCUT2D eigenvalue weighted by atomic mass is 16.6. The first-order valence-corrected chi connectivity index (χ1v) is 7.84. The van der Waals surface area contributed by atoms with Crippen LogP contribution >= 0.6 is 0 Å². The average Bonchev–Trinajstić information content (AvgIpc) is 2.50. The molecule has 0 aromatic heterocycles. The molecule has 6 nitrogen and oxygen atoms in total. The van der Waals surface area contributed by atoms with E-state index in [-0.39, 0.29) is 18.7 Å². The second-order valence-corrected chi connectivity index (χ2v) is 6.42. The monoisotopic (exact) mass is 335 g/mol. The lowest BCUT2D eigenvalue weighted by Gasteiger charge is -2.22. The summed E-state index contributed by atoms with van der Waals surface area (Å²) in [6.07, 6.45) is 0.500. The van der Waals surface area contributed by atoms with E-state index in [1.165, 1.54) is 7.11 Å². The number of carbonyl (C=O) groups is 3. The zero-order valence-corrected chi connectivity index (χ0v) is 14.6. The topological polar surface area (TPSA) is 81.7 Å². The Kier molecular flexibility index (Phi) is 7.42. The molecule has 0 saturated carbocycles. The Bertz CT molecular complexity index is 563. The first-order valence-electron chi connectivity index (χ1n) is 7.84. The van der Waals surface area contributed by atoms with Crippen LogP contribution in [0.25, 0.3) is 0 Å². The molecule has 1 N–H and O–H groups in total. The summed E-state index contributed by atoms with van der Waals surface area (Å²) < 4.78 is 9.82. The molecular weight excluding hydrogens is 310 g/mol. The van der Waals surface area contributed by atoms with Crippen molar-refractivity contribution in [1.29, 1.82) is 0 Å².